The first-order valence-corrected chi connectivity index (χ1v) is 5.94. The van der Waals surface area contributed by atoms with Gasteiger partial charge in [0.05, 0.1) is 0 Å². The Hall–Kier alpha value is -1.52. The highest BCUT2D eigenvalue weighted by atomic mass is 16.6. The number of nitrogens with one attached hydrogen (secondary N) is 1. The molecule has 0 heterocycles. The fourth-order valence-corrected chi connectivity index (χ4v) is 1.16. The van der Waals surface area contributed by atoms with E-state index in [9.17, 15) is 9.59 Å². The van der Waals surface area contributed by atoms with Crippen LogP contribution in [-0.4, -0.2) is 30.3 Å². The molecule has 0 fully saturated rings. The van der Waals surface area contributed by atoms with Crippen LogP contribution in [-0.2, 0) is 14.3 Å². The first-order valence-electron chi connectivity index (χ1n) is 5.94. The largest absolute Gasteiger partial charge is 0.460 e. The van der Waals surface area contributed by atoms with Gasteiger partial charge in [-0.3, -0.25) is 0 Å². The molecule has 5 nitrogen and oxygen atoms in total. The predicted octanol–water partition coefficient (Wildman–Crippen LogP) is 2.26. The first-order chi connectivity index (χ1) is 8.17. The Bertz CT molecular complexity index is 305. The number of carbonyl (C=O) groups is 2. The highest BCUT2D eigenvalue weighted by molar-refractivity contribution is 5.81. The molecular formula is C13H23NO4. The summed E-state index contributed by atoms with van der Waals surface area (Å²) in [5, 5.41) is 2.51. The fraction of sp³-hybridized carbons (Fsp3) is 0.692. The summed E-state index contributed by atoms with van der Waals surface area (Å²) in [5.74, 6) is -0.578. The number of esters is 1. The van der Waals surface area contributed by atoms with Crippen molar-refractivity contribution >= 4 is 12.1 Å². The number of amides is 1. The molecule has 0 aromatic heterocycles. The van der Waals surface area contributed by atoms with Crippen LogP contribution in [0.4, 0.5) is 4.79 Å². The molecule has 0 aliphatic rings. The lowest BCUT2D eigenvalue weighted by Crippen LogP contribution is -2.47. The Kier molecular flexibility index (Phi) is 6.44. The van der Waals surface area contributed by atoms with E-state index in [0.717, 1.165) is 0 Å². The molecule has 0 aliphatic carbocycles. The Morgan fingerprint density at radius 1 is 1.33 bits per heavy atom. The van der Waals surface area contributed by atoms with Gasteiger partial charge in [-0.15, -0.1) is 0 Å². The van der Waals surface area contributed by atoms with E-state index in [1.807, 2.05) is 13.8 Å². The van der Waals surface area contributed by atoms with Gasteiger partial charge in [0.25, 0.3) is 0 Å². The van der Waals surface area contributed by atoms with Crippen LogP contribution in [0.15, 0.2) is 12.7 Å². The Morgan fingerprint density at radius 3 is 2.28 bits per heavy atom. The van der Waals surface area contributed by atoms with Gasteiger partial charge < -0.3 is 14.8 Å². The maximum absolute atomic E-state index is 11.7. The second kappa shape index (κ2) is 7.03. The molecule has 0 aromatic rings. The molecule has 0 unspecified atom stereocenters. The lowest BCUT2D eigenvalue weighted by molar-refractivity contribution is -0.146. The summed E-state index contributed by atoms with van der Waals surface area (Å²) < 4.78 is 10.0. The Labute approximate surface area is 109 Å². The summed E-state index contributed by atoms with van der Waals surface area (Å²) in [6.07, 6.45) is 0.847. The molecule has 0 aromatic carbocycles. The van der Waals surface area contributed by atoms with Crippen LogP contribution in [0.25, 0.3) is 0 Å². The second-order valence-electron chi connectivity index (χ2n) is 5.29. The lowest BCUT2D eigenvalue weighted by atomic mass is 10.1. The molecular weight excluding hydrogens is 234 g/mol. The standard InChI is InChI=1S/C13H23NO4/c1-7-8-17-11(15)10(9(2)3)14-12(16)18-13(4,5)6/h7,9-10H,1,8H2,2-6H3,(H,14,16)/t10-/m0/s1. The number of hydrogen-bond acceptors (Lipinski definition) is 4. The molecule has 0 saturated carbocycles. The molecule has 18 heavy (non-hydrogen) atoms. The minimum atomic E-state index is -0.722. The third-order valence-electron chi connectivity index (χ3n) is 1.94. The molecule has 0 radical (unpaired) electrons. The van der Waals surface area contributed by atoms with E-state index >= 15 is 0 Å². The summed E-state index contributed by atoms with van der Waals surface area (Å²) in [7, 11) is 0. The molecule has 0 saturated heterocycles. The lowest BCUT2D eigenvalue weighted by Gasteiger charge is -2.24. The molecule has 1 amide bonds. The van der Waals surface area contributed by atoms with E-state index < -0.39 is 23.7 Å². The van der Waals surface area contributed by atoms with Crippen molar-refractivity contribution in [2.45, 2.75) is 46.3 Å². The highest BCUT2D eigenvalue weighted by Crippen LogP contribution is 2.09. The maximum atomic E-state index is 11.7. The van der Waals surface area contributed by atoms with Crippen molar-refractivity contribution in [2.75, 3.05) is 6.61 Å². The van der Waals surface area contributed by atoms with Crippen molar-refractivity contribution in [1.29, 1.82) is 0 Å². The molecule has 1 atom stereocenters. The summed E-state index contributed by atoms with van der Waals surface area (Å²) in [4.78, 5) is 23.3. The summed E-state index contributed by atoms with van der Waals surface area (Å²) >= 11 is 0. The third-order valence-corrected chi connectivity index (χ3v) is 1.94. The summed E-state index contributed by atoms with van der Waals surface area (Å²) in [5.41, 5.74) is -0.601. The first kappa shape index (κ1) is 16.5. The monoisotopic (exact) mass is 257 g/mol. The number of carbonyl (C=O) groups excluding carboxylic acids is 2. The Balaban J connectivity index is 4.49. The number of hydrogen-bond donors (Lipinski definition) is 1. The van der Waals surface area contributed by atoms with Crippen LogP contribution in [0, 0.1) is 5.92 Å². The van der Waals surface area contributed by atoms with Gasteiger partial charge in [0.1, 0.15) is 18.2 Å². The Morgan fingerprint density at radius 2 is 1.89 bits per heavy atom. The van der Waals surface area contributed by atoms with Crippen LogP contribution in [0.1, 0.15) is 34.6 Å². The minimum Gasteiger partial charge on any atom is -0.460 e. The second-order valence-corrected chi connectivity index (χ2v) is 5.29. The minimum absolute atomic E-state index is 0.0881. The summed E-state index contributed by atoms with van der Waals surface area (Å²) in [6, 6.07) is -0.722. The van der Waals surface area contributed by atoms with Gasteiger partial charge in [-0.25, -0.2) is 9.59 Å². The number of rotatable bonds is 5. The van der Waals surface area contributed by atoms with Gasteiger partial charge in [-0.1, -0.05) is 26.5 Å². The zero-order chi connectivity index (χ0) is 14.3. The van der Waals surface area contributed by atoms with E-state index in [1.54, 1.807) is 20.8 Å². The zero-order valence-electron chi connectivity index (χ0n) is 11.8. The van der Waals surface area contributed by atoms with Gasteiger partial charge in [0, 0.05) is 0 Å². The van der Waals surface area contributed by atoms with Crippen LogP contribution in [0.5, 0.6) is 0 Å². The van der Waals surface area contributed by atoms with Crippen LogP contribution in [0.2, 0.25) is 0 Å². The predicted molar refractivity (Wildman–Crippen MR) is 69.2 cm³/mol. The average molecular weight is 257 g/mol. The molecule has 0 bridgehead atoms. The maximum Gasteiger partial charge on any atom is 0.408 e. The molecule has 104 valence electrons. The van der Waals surface area contributed by atoms with Gasteiger partial charge in [0.15, 0.2) is 0 Å². The SMILES string of the molecule is C=CCOC(=O)[C@@H](NC(=O)OC(C)(C)C)C(C)C. The quantitative estimate of drug-likeness (QED) is 0.606. The molecule has 1 N–H and O–H groups in total. The van der Waals surface area contributed by atoms with Crippen molar-refractivity contribution in [1.82, 2.24) is 5.32 Å². The zero-order valence-corrected chi connectivity index (χ0v) is 11.8. The van der Waals surface area contributed by atoms with E-state index in [1.165, 1.54) is 6.08 Å². The van der Waals surface area contributed by atoms with Crippen LogP contribution < -0.4 is 5.32 Å². The smallest absolute Gasteiger partial charge is 0.408 e. The number of alkyl carbamates (subject to hydrolysis) is 1. The fourth-order valence-electron chi connectivity index (χ4n) is 1.16. The van der Waals surface area contributed by atoms with Crippen molar-refractivity contribution in [3.05, 3.63) is 12.7 Å². The molecule has 0 rings (SSSR count). The average Bonchev–Trinajstić information content (AvgIpc) is 2.19. The molecule has 5 heteroatoms. The summed E-state index contributed by atoms with van der Waals surface area (Å²) in [6.45, 7) is 12.5. The van der Waals surface area contributed by atoms with Crippen molar-refractivity contribution in [3.8, 4) is 0 Å². The van der Waals surface area contributed by atoms with E-state index in [4.69, 9.17) is 9.47 Å². The topological polar surface area (TPSA) is 64.6 Å². The number of ether oxygens (including phenoxy) is 2. The molecule has 0 aliphatic heterocycles. The van der Waals surface area contributed by atoms with Gasteiger partial charge in [-0.2, -0.15) is 0 Å². The molecule has 0 spiro atoms. The normalized spacial score (nSPS) is 12.8. The van der Waals surface area contributed by atoms with E-state index in [0.29, 0.717) is 0 Å². The van der Waals surface area contributed by atoms with Crippen LogP contribution in [0.3, 0.4) is 0 Å². The van der Waals surface area contributed by atoms with Crippen molar-refractivity contribution in [2.24, 2.45) is 5.92 Å². The van der Waals surface area contributed by atoms with Crippen molar-refractivity contribution < 1.29 is 19.1 Å². The highest BCUT2D eigenvalue weighted by Gasteiger charge is 2.27. The van der Waals surface area contributed by atoms with Crippen molar-refractivity contribution in [3.63, 3.8) is 0 Å². The van der Waals surface area contributed by atoms with Gasteiger partial charge >= 0.3 is 12.1 Å². The van der Waals surface area contributed by atoms with Gasteiger partial charge in [-0.05, 0) is 26.7 Å². The third kappa shape index (κ3) is 6.93. The van der Waals surface area contributed by atoms with Gasteiger partial charge in [0.2, 0.25) is 0 Å². The van der Waals surface area contributed by atoms with E-state index in [2.05, 4.69) is 11.9 Å². The van der Waals surface area contributed by atoms with E-state index in [-0.39, 0.29) is 12.5 Å². The van der Waals surface area contributed by atoms with Crippen LogP contribution >= 0.6 is 0 Å².